The number of benzene rings is 1. The molecule has 76 valence electrons. The second-order valence-corrected chi connectivity index (χ2v) is 6.00. The average Bonchev–Trinajstić information content (AvgIpc) is 2.83. The van der Waals surface area contributed by atoms with Crippen molar-refractivity contribution in [3.63, 3.8) is 0 Å². The molecule has 1 aromatic rings. The van der Waals surface area contributed by atoms with Crippen LogP contribution >= 0.6 is 0 Å². The van der Waals surface area contributed by atoms with Crippen LogP contribution in [0.4, 0.5) is 4.39 Å². The third-order valence-electron chi connectivity index (χ3n) is 2.59. The van der Waals surface area contributed by atoms with Crippen molar-refractivity contribution < 1.29 is 12.8 Å². The zero-order valence-corrected chi connectivity index (χ0v) is 8.59. The van der Waals surface area contributed by atoms with Crippen molar-refractivity contribution in [3.05, 3.63) is 35.6 Å². The Morgan fingerprint density at radius 2 is 2.00 bits per heavy atom. The molecule has 4 heteroatoms. The molecule has 0 spiro atoms. The van der Waals surface area contributed by atoms with Gasteiger partial charge in [0.2, 0.25) is 0 Å². The van der Waals surface area contributed by atoms with Gasteiger partial charge in [-0.2, -0.15) is 0 Å². The lowest BCUT2D eigenvalue weighted by atomic mass is 10.1. The van der Waals surface area contributed by atoms with Gasteiger partial charge in [-0.25, -0.2) is 12.8 Å². The fourth-order valence-corrected chi connectivity index (χ4v) is 3.05. The maximum absolute atomic E-state index is 13.2. The predicted octanol–water partition coefficient (Wildman–Crippen LogP) is 1.73. The Kier molecular flexibility index (Phi) is 2.10. The van der Waals surface area contributed by atoms with Crippen molar-refractivity contribution in [2.24, 2.45) is 0 Å². The van der Waals surface area contributed by atoms with E-state index in [1.165, 1.54) is 12.3 Å². The highest BCUT2D eigenvalue weighted by Gasteiger charge is 2.46. The fourth-order valence-electron chi connectivity index (χ4n) is 1.75. The topological polar surface area (TPSA) is 34.1 Å². The molecule has 1 fully saturated rings. The molecular weight excluding hydrogens is 203 g/mol. The molecule has 0 aliphatic heterocycles. The first-order valence-electron chi connectivity index (χ1n) is 4.43. The first-order valence-corrected chi connectivity index (χ1v) is 6.39. The van der Waals surface area contributed by atoms with E-state index in [0.717, 1.165) is 0 Å². The molecule has 0 saturated heterocycles. The minimum atomic E-state index is -3.01. The smallest absolute Gasteiger partial charge is 0.150 e. The van der Waals surface area contributed by atoms with Crippen LogP contribution in [0.15, 0.2) is 24.3 Å². The van der Waals surface area contributed by atoms with E-state index in [-0.39, 0.29) is 17.0 Å². The lowest BCUT2D eigenvalue weighted by Gasteiger charge is -2.00. The van der Waals surface area contributed by atoms with Crippen molar-refractivity contribution >= 4 is 9.84 Å². The molecule has 0 aromatic heterocycles. The summed E-state index contributed by atoms with van der Waals surface area (Å²) in [5.74, 6) is -0.435. The van der Waals surface area contributed by atoms with Crippen molar-refractivity contribution in [1.29, 1.82) is 0 Å². The van der Waals surface area contributed by atoms with Crippen LogP contribution in [0.25, 0.3) is 0 Å². The molecule has 1 aliphatic rings. The summed E-state index contributed by atoms with van der Waals surface area (Å²) in [5.41, 5.74) is 0.530. The van der Waals surface area contributed by atoms with E-state index < -0.39 is 9.84 Å². The quantitative estimate of drug-likeness (QED) is 0.751. The summed E-state index contributed by atoms with van der Waals surface area (Å²) >= 11 is 0. The molecular formula is C10H11FO2S. The Hall–Kier alpha value is -0.900. The summed E-state index contributed by atoms with van der Waals surface area (Å²) in [6.45, 7) is 0. The third kappa shape index (κ3) is 1.66. The van der Waals surface area contributed by atoms with Crippen LogP contribution in [0.2, 0.25) is 0 Å². The van der Waals surface area contributed by atoms with Gasteiger partial charge in [0.15, 0.2) is 9.84 Å². The Morgan fingerprint density at radius 1 is 1.36 bits per heavy atom. The molecule has 1 saturated carbocycles. The molecule has 0 bridgehead atoms. The van der Waals surface area contributed by atoms with Gasteiger partial charge in [-0.1, -0.05) is 18.2 Å². The van der Waals surface area contributed by atoms with Crippen molar-refractivity contribution in [2.45, 2.75) is 17.6 Å². The molecule has 0 amide bonds. The highest BCUT2D eigenvalue weighted by Crippen LogP contribution is 2.46. The lowest BCUT2D eigenvalue weighted by molar-refractivity contribution is 0.597. The van der Waals surface area contributed by atoms with Gasteiger partial charge in [-0.15, -0.1) is 0 Å². The monoisotopic (exact) mass is 214 g/mol. The van der Waals surface area contributed by atoms with E-state index in [9.17, 15) is 12.8 Å². The van der Waals surface area contributed by atoms with Gasteiger partial charge in [0.05, 0.1) is 5.25 Å². The van der Waals surface area contributed by atoms with Crippen molar-refractivity contribution in [3.8, 4) is 0 Å². The van der Waals surface area contributed by atoms with Crippen LogP contribution in [0.1, 0.15) is 17.9 Å². The van der Waals surface area contributed by atoms with E-state index in [0.29, 0.717) is 12.0 Å². The Bertz CT molecular complexity index is 453. The van der Waals surface area contributed by atoms with Gasteiger partial charge >= 0.3 is 0 Å². The van der Waals surface area contributed by atoms with E-state index in [1.54, 1.807) is 18.2 Å². The summed E-state index contributed by atoms with van der Waals surface area (Å²) in [5, 5.41) is -0.376. The van der Waals surface area contributed by atoms with Crippen LogP contribution in [-0.4, -0.2) is 19.9 Å². The van der Waals surface area contributed by atoms with E-state index >= 15 is 0 Å². The largest absolute Gasteiger partial charge is 0.229 e. The second kappa shape index (κ2) is 3.05. The molecule has 0 radical (unpaired) electrons. The molecule has 0 N–H and O–H groups in total. The summed E-state index contributed by atoms with van der Waals surface area (Å²) in [6, 6.07) is 6.37. The van der Waals surface area contributed by atoms with Crippen LogP contribution in [-0.2, 0) is 9.84 Å². The maximum atomic E-state index is 13.2. The molecule has 1 aromatic carbocycles. The standard InChI is InChI=1S/C10H11FO2S/c1-14(12,13)10-6-8(10)7-4-2-3-5-9(7)11/h2-5,8,10H,6H2,1H3/t8-,10+/m1/s1. The van der Waals surface area contributed by atoms with Gasteiger partial charge in [0, 0.05) is 12.2 Å². The average molecular weight is 214 g/mol. The minimum Gasteiger partial charge on any atom is -0.229 e. The molecule has 2 nitrogen and oxygen atoms in total. The fraction of sp³-hybridized carbons (Fsp3) is 0.400. The zero-order chi connectivity index (χ0) is 10.3. The summed E-state index contributed by atoms with van der Waals surface area (Å²) < 4.78 is 35.6. The number of hydrogen-bond donors (Lipinski definition) is 0. The van der Waals surface area contributed by atoms with E-state index in [2.05, 4.69) is 0 Å². The summed E-state index contributed by atoms with van der Waals surface area (Å²) in [6.07, 6.45) is 1.76. The van der Waals surface area contributed by atoms with Crippen LogP contribution in [0, 0.1) is 5.82 Å². The van der Waals surface area contributed by atoms with Gasteiger partial charge < -0.3 is 0 Å². The van der Waals surface area contributed by atoms with Crippen LogP contribution in [0.3, 0.4) is 0 Å². The molecule has 2 atom stereocenters. The van der Waals surface area contributed by atoms with E-state index in [4.69, 9.17) is 0 Å². The highest BCUT2D eigenvalue weighted by atomic mass is 32.2. The Morgan fingerprint density at radius 3 is 2.50 bits per heavy atom. The molecule has 0 unspecified atom stereocenters. The normalized spacial score (nSPS) is 26.1. The minimum absolute atomic E-state index is 0.133. The second-order valence-electron chi connectivity index (χ2n) is 3.73. The van der Waals surface area contributed by atoms with Gasteiger partial charge in [-0.05, 0) is 18.1 Å². The van der Waals surface area contributed by atoms with Gasteiger partial charge in [-0.3, -0.25) is 0 Å². The first-order chi connectivity index (χ1) is 6.50. The Labute approximate surface area is 82.7 Å². The molecule has 2 rings (SSSR count). The SMILES string of the molecule is CS(=O)(=O)[C@H]1C[C@@H]1c1ccccc1F. The third-order valence-corrected chi connectivity index (χ3v) is 4.21. The molecule has 14 heavy (non-hydrogen) atoms. The number of rotatable bonds is 2. The highest BCUT2D eigenvalue weighted by molar-refractivity contribution is 7.91. The molecule has 0 heterocycles. The van der Waals surface area contributed by atoms with Crippen LogP contribution in [0.5, 0.6) is 0 Å². The summed E-state index contributed by atoms with van der Waals surface area (Å²) in [7, 11) is -3.01. The molecule has 1 aliphatic carbocycles. The number of hydrogen-bond acceptors (Lipinski definition) is 2. The maximum Gasteiger partial charge on any atom is 0.150 e. The number of sulfone groups is 1. The van der Waals surface area contributed by atoms with Gasteiger partial charge in [0.1, 0.15) is 5.82 Å². The van der Waals surface area contributed by atoms with Crippen molar-refractivity contribution in [1.82, 2.24) is 0 Å². The Balaban J connectivity index is 2.26. The number of halogens is 1. The zero-order valence-electron chi connectivity index (χ0n) is 7.77. The predicted molar refractivity (Wildman–Crippen MR) is 52.4 cm³/mol. The van der Waals surface area contributed by atoms with Crippen molar-refractivity contribution in [2.75, 3.05) is 6.26 Å². The summed E-state index contributed by atoms with van der Waals surface area (Å²) in [4.78, 5) is 0. The van der Waals surface area contributed by atoms with Crippen LogP contribution < -0.4 is 0 Å². The van der Waals surface area contributed by atoms with E-state index in [1.807, 2.05) is 0 Å². The first kappa shape index (κ1) is 9.65. The van der Waals surface area contributed by atoms with Gasteiger partial charge in [0.25, 0.3) is 0 Å². The lowest BCUT2D eigenvalue weighted by Crippen LogP contribution is -2.05.